The minimum Gasteiger partial charge on any atom is -0.489 e. The monoisotopic (exact) mass is 328 g/mol. The summed E-state index contributed by atoms with van der Waals surface area (Å²) in [6, 6.07) is 6.38. The number of morpholine rings is 1. The highest BCUT2D eigenvalue weighted by molar-refractivity contribution is 5.65. The second kappa shape index (κ2) is 8.36. The van der Waals surface area contributed by atoms with Crippen molar-refractivity contribution in [3.8, 4) is 5.75 Å². The fraction of sp³-hybridized carbons (Fsp3) is 0.500. The van der Waals surface area contributed by atoms with Gasteiger partial charge in [0, 0.05) is 32.7 Å². The molecule has 1 aromatic carbocycles. The van der Waals surface area contributed by atoms with E-state index in [1.54, 1.807) is 0 Å². The van der Waals surface area contributed by atoms with E-state index in [1.807, 2.05) is 12.2 Å². The Bertz CT molecular complexity index is 573. The van der Waals surface area contributed by atoms with Crippen molar-refractivity contribution < 1.29 is 9.47 Å². The maximum absolute atomic E-state index is 6.19. The number of rotatable bonds is 7. The summed E-state index contributed by atoms with van der Waals surface area (Å²) in [6.07, 6.45) is 6.33. The minimum absolute atomic E-state index is 0.117. The summed E-state index contributed by atoms with van der Waals surface area (Å²) in [7, 11) is 0. The molecule has 2 heterocycles. The molecule has 0 N–H and O–H groups in total. The molecule has 2 aliphatic heterocycles. The largest absolute Gasteiger partial charge is 0.489 e. The van der Waals surface area contributed by atoms with E-state index in [-0.39, 0.29) is 6.10 Å². The number of fused-ring (bicyclic) bond motifs is 1. The molecule has 1 unspecified atom stereocenters. The molecule has 1 saturated heterocycles. The van der Waals surface area contributed by atoms with Crippen LogP contribution in [0.4, 0.5) is 5.69 Å². The quantitative estimate of drug-likeness (QED) is 0.719. The van der Waals surface area contributed by atoms with E-state index in [1.165, 1.54) is 17.7 Å². The topological polar surface area (TPSA) is 24.9 Å². The summed E-state index contributed by atoms with van der Waals surface area (Å²) >= 11 is 0. The van der Waals surface area contributed by atoms with Crippen molar-refractivity contribution in [3.63, 3.8) is 0 Å². The molecular formula is C20H28N2O2. The molecule has 0 spiro atoms. The van der Waals surface area contributed by atoms with Crippen molar-refractivity contribution in [1.82, 2.24) is 4.90 Å². The highest BCUT2D eigenvalue weighted by atomic mass is 16.5. The van der Waals surface area contributed by atoms with Crippen LogP contribution < -0.4 is 9.64 Å². The Balaban J connectivity index is 1.67. The molecule has 4 heteroatoms. The molecule has 0 amide bonds. The van der Waals surface area contributed by atoms with Gasteiger partial charge in [-0.05, 0) is 24.5 Å². The number of benzene rings is 1. The molecule has 24 heavy (non-hydrogen) atoms. The van der Waals surface area contributed by atoms with Crippen LogP contribution in [0.1, 0.15) is 12.0 Å². The van der Waals surface area contributed by atoms with Gasteiger partial charge in [0.2, 0.25) is 0 Å². The lowest BCUT2D eigenvalue weighted by Crippen LogP contribution is -2.45. The van der Waals surface area contributed by atoms with Crippen molar-refractivity contribution in [2.45, 2.75) is 18.9 Å². The summed E-state index contributed by atoms with van der Waals surface area (Å²) < 4.78 is 12.1. The molecule has 2 aliphatic rings. The second-order valence-corrected chi connectivity index (χ2v) is 6.45. The first-order chi connectivity index (χ1) is 11.8. The van der Waals surface area contributed by atoms with Gasteiger partial charge in [-0.25, -0.2) is 0 Å². The van der Waals surface area contributed by atoms with Gasteiger partial charge in [-0.2, -0.15) is 0 Å². The fourth-order valence-electron chi connectivity index (χ4n) is 3.57. The van der Waals surface area contributed by atoms with Crippen molar-refractivity contribution in [2.24, 2.45) is 0 Å². The average Bonchev–Trinajstić information content (AvgIpc) is 2.61. The lowest BCUT2D eigenvalue weighted by atomic mass is 10.0. The molecule has 0 bridgehead atoms. The first kappa shape index (κ1) is 17.1. The standard InChI is InChI=1S/C20H28N2O2/c1-3-10-21-13-14-23-18(15-21)16-24-19-9-5-7-17-8-6-12-22(11-4-2)20(17)19/h3-5,7,9,18H,1-2,6,8,10-16H2. The molecule has 0 aromatic heterocycles. The maximum Gasteiger partial charge on any atom is 0.143 e. The van der Waals surface area contributed by atoms with Crippen molar-refractivity contribution in [1.29, 1.82) is 0 Å². The van der Waals surface area contributed by atoms with Gasteiger partial charge in [0.25, 0.3) is 0 Å². The van der Waals surface area contributed by atoms with Gasteiger partial charge in [0.15, 0.2) is 0 Å². The van der Waals surface area contributed by atoms with Gasteiger partial charge in [-0.3, -0.25) is 4.90 Å². The van der Waals surface area contributed by atoms with Crippen LogP contribution in [0.2, 0.25) is 0 Å². The Morgan fingerprint density at radius 1 is 1.21 bits per heavy atom. The number of hydrogen-bond acceptors (Lipinski definition) is 4. The van der Waals surface area contributed by atoms with Gasteiger partial charge in [0.1, 0.15) is 18.5 Å². The predicted molar refractivity (Wildman–Crippen MR) is 99.0 cm³/mol. The van der Waals surface area contributed by atoms with Crippen LogP contribution in [-0.4, -0.2) is 56.9 Å². The molecule has 4 nitrogen and oxygen atoms in total. The zero-order valence-electron chi connectivity index (χ0n) is 14.5. The molecular weight excluding hydrogens is 300 g/mol. The van der Waals surface area contributed by atoms with Crippen molar-refractivity contribution in [3.05, 3.63) is 49.1 Å². The first-order valence-electron chi connectivity index (χ1n) is 8.87. The van der Waals surface area contributed by atoms with Gasteiger partial charge in [0.05, 0.1) is 12.3 Å². The summed E-state index contributed by atoms with van der Waals surface area (Å²) in [6.45, 7) is 13.8. The van der Waals surface area contributed by atoms with Gasteiger partial charge in [-0.1, -0.05) is 24.3 Å². The molecule has 1 fully saturated rings. The van der Waals surface area contributed by atoms with E-state index in [9.17, 15) is 0 Å². The molecule has 130 valence electrons. The lowest BCUT2D eigenvalue weighted by molar-refractivity contribution is -0.0445. The SMILES string of the molecule is C=CCN1CCOC(COc2cccc3c2N(CC=C)CCC3)C1. The highest BCUT2D eigenvalue weighted by Gasteiger charge is 2.23. The summed E-state index contributed by atoms with van der Waals surface area (Å²) in [5, 5.41) is 0. The number of para-hydroxylation sites is 1. The van der Waals surface area contributed by atoms with E-state index < -0.39 is 0 Å². The van der Waals surface area contributed by atoms with Crippen LogP contribution in [0.15, 0.2) is 43.5 Å². The summed E-state index contributed by atoms with van der Waals surface area (Å²) in [4.78, 5) is 4.72. The van der Waals surface area contributed by atoms with E-state index >= 15 is 0 Å². The number of nitrogens with zero attached hydrogens (tertiary/aromatic N) is 2. The predicted octanol–water partition coefficient (Wildman–Crippen LogP) is 2.89. The van der Waals surface area contributed by atoms with Crippen molar-refractivity contribution in [2.75, 3.05) is 50.8 Å². The number of hydrogen-bond donors (Lipinski definition) is 0. The van der Waals surface area contributed by atoms with Crippen LogP contribution in [0.3, 0.4) is 0 Å². The van der Waals surface area contributed by atoms with E-state index in [0.717, 1.165) is 51.5 Å². The Hall–Kier alpha value is -1.78. The van der Waals surface area contributed by atoms with E-state index in [0.29, 0.717) is 6.61 Å². The van der Waals surface area contributed by atoms with Crippen LogP contribution in [0, 0.1) is 0 Å². The Morgan fingerprint density at radius 3 is 2.92 bits per heavy atom. The molecule has 0 saturated carbocycles. The number of anilines is 1. The summed E-state index contributed by atoms with van der Waals surface area (Å²) in [5.41, 5.74) is 2.61. The van der Waals surface area contributed by atoms with Gasteiger partial charge < -0.3 is 14.4 Å². The molecule has 3 rings (SSSR count). The van der Waals surface area contributed by atoms with Gasteiger partial charge >= 0.3 is 0 Å². The summed E-state index contributed by atoms with van der Waals surface area (Å²) in [5.74, 6) is 0.971. The average molecular weight is 328 g/mol. The molecule has 1 aromatic rings. The van der Waals surface area contributed by atoms with Crippen LogP contribution in [0.25, 0.3) is 0 Å². The Labute approximate surface area is 145 Å². The third-order valence-corrected chi connectivity index (χ3v) is 4.66. The molecule has 0 radical (unpaired) electrons. The highest BCUT2D eigenvalue weighted by Crippen LogP contribution is 2.36. The Kier molecular flexibility index (Phi) is 5.94. The maximum atomic E-state index is 6.19. The minimum atomic E-state index is 0.117. The zero-order valence-corrected chi connectivity index (χ0v) is 14.5. The van der Waals surface area contributed by atoms with E-state index in [2.05, 4.69) is 41.2 Å². The van der Waals surface area contributed by atoms with Crippen molar-refractivity contribution >= 4 is 5.69 Å². The third kappa shape index (κ3) is 4.00. The van der Waals surface area contributed by atoms with Crippen LogP contribution in [-0.2, 0) is 11.2 Å². The number of ether oxygens (including phenoxy) is 2. The van der Waals surface area contributed by atoms with Crippen LogP contribution in [0.5, 0.6) is 5.75 Å². The number of aryl methyl sites for hydroxylation is 1. The smallest absolute Gasteiger partial charge is 0.143 e. The van der Waals surface area contributed by atoms with Crippen LogP contribution >= 0.6 is 0 Å². The molecule has 0 aliphatic carbocycles. The molecule has 1 atom stereocenters. The fourth-order valence-corrected chi connectivity index (χ4v) is 3.57. The zero-order chi connectivity index (χ0) is 16.8. The van der Waals surface area contributed by atoms with E-state index in [4.69, 9.17) is 9.47 Å². The van der Waals surface area contributed by atoms with Gasteiger partial charge in [-0.15, -0.1) is 13.2 Å². The lowest BCUT2D eigenvalue weighted by Gasteiger charge is -2.34. The first-order valence-corrected chi connectivity index (χ1v) is 8.87. The second-order valence-electron chi connectivity index (χ2n) is 6.45. The third-order valence-electron chi connectivity index (χ3n) is 4.66. The Morgan fingerprint density at radius 2 is 2.08 bits per heavy atom. The normalized spacial score (nSPS) is 21.2.